The van der Waals surface area contributed by atoms with Crippen LogP contribution in [0.3, 0.4) is 0 Å². The van der Waals surface area contributed by atoms with Crippen molar-refractivity contribution in [2.75, 3.05) is 13.1 Å². The van der Waals surface area contributed by atoms with E-state index in [4.69, 9.17) is 16.7 Å². The molecule has 34 heavy (non-hydrogen) atoms. The average molecular weight is 490 g/mol. The number of halogens is 1. The second kappa shape index (κ2) is 9.61. The predicted molar refractivity (Wildman–Crippen MR) is 132 cm³/mol. The minimum atomic E-state index is -1.06. The summed E-state index contributed by atoms with van der Waals surface area (Å²) in [4.78, 5) is 39.4. The third kappa shape index (κ3) is 5.57. The van der Waals surface area contributed by atoms with E-state index in [1.165, 1.54) is 4.90 Å². The van der Waals surface area contributed by atoms with Crippen molar-refractivity contribution in [3.8, 4) is 0 Å². The molecule has 186 valence electrons. The molecule has 2 aliphatic heterocycles. The number of hydrogen-bond acceptors (Lipinski definition) is 3. The van der Waals surface area contributed by atoms with E-state index < -0.39 is 17.6 Å². The highest BCUT2D eigenvalue weighted by molar-refractivity contribution is 6.31. The van der Waals surface area contributed by atoms with E-state index in [0.717, 1.165) is 29.5 Å². The highest BCUT2D eigenvalue weighted by atomic mass is 35.5. The lowest BCUT2D eigenvalue weighted by atomic mass is 9.77. The first-order chi connectivity index (χ1) is 15.7. The Morgan fingerprint density at radius 3 is 2.53 bits per heavy atom. The minimum absolute atomic E-state index is 0.105. The second-order valence-electron chi connectivity index (χ2n) is 11.1. The Labute approximate surface area is 207 Å². The molecule has 0 aromatic heterocycles. The maximum Gasteiger partial charge on any atom is 0.323 e. The summed E-state index contributed by atoms with van der Waals surface area (Å²) in [6.07, 6.45) is 3.85. The van der Waals surface area contributed by atoms with Gasteiger partial charge in [0.1, 0.15) is 6.54 Å². The normalized spacial score (nSPS) is 23.4. The zero-order valence-corrected chi connectivity index (χ0v) is 21.7. The first kappa shape index (κ1) is 26.1. The number of benzene rings is 1. The summed E-state index contributed by atoms with van der Waals surface area (Å²) in [5.41, 5.74) is 2.45. The quantitative estimate of drug-likeness (QED) is 0.576. The third-order valence-corrected chi connectivity index (χ3v) is 7.11. The van der Waals surface area contributed by atoms with Crippen molar-refractivity contribution in [1.29, 1.82) is 0 Å². The number of hydrogen-bond donors (Lipinski definition) is 2. The lowest BCUT2D eigenvalue weighted by Crippen LogP contribution is -2.57. The predicted octanol–water partition coefficient (Wildman–Crippen LogP) is 4.78. The number of nitrogens with one attached hydrogen (secondary N) is 1. The Balaban J connectivity index is 1.90. The van der Waals surface area contributed by atoms with Gasteiger partial charge in [-0.2, -0.15) is 0 Å². The van der Waals surface area contributed by atoms with Gasteiger partial charge in [-0.05, 0) is 53.9 Å². The maximum atomic E-state index is 13.2. The van der Waals surface area contributed by atoms with Gasteiger partial charge in [-0.3, -0.25) is 14.5 Å². The summed E-state index contributed by atoms with van der Waals surface area (Å²) < 4.78 is 0. The van der Waals surface area contributed by atoms with E-state index in [0.29, 0.717) is 5.02 Å². The van der Waals surface area contributed by atoms with Crippen LogP contribution in [0.15, 0.2) is 30.0 Å². The van der Waals surface area contributed by atoms with Crippen molar-refractivity contribution < 1.29 is 19.5 Å². The number of aliphatic carboxylic acids is 1. The molecular weight excluding hydrogens is 454 g/mol. The minimum Gasteiger partial charge on any atom is -0.480 e. The average Bonchev–Trinajstić information content (AvgIpc) is 3.05. The monoisotopic (exact) mass is 489 g/mol. The molecule has 0 spiro atoms. The molecule has 7 nitrogen and oxygen atoms in total. The molecule has 0 unspecified atom stereocenters. The molecule has 1 saturated heterocycles. The van der Waals surface area contributed by atoms with Crippen LogP contribution in [0.2, 0.25) is 5.02 Å². The smallest absolute Gasteiger partial charge is 0.323 e. The van der Waals surface area contributed by atoms with E-state index in [9.17, 15) is 14.4 Å². The number of aryl methyl sites for hydroxylation is 1. The Bertz CT molecular complexity index is 1010. The number of rotatable bonds is 7. The van der Waals surface area contributed by atoms with Gasteiger partial charge >= 0.3 is 12.0 Å². The van der Waals surface area contributed by atoms with Crippen molar-refractivity contribution in [3.63, 3.8) is 0 Å². The van der Waals surface area contributed by atoms with Gasteiger partial charge in [0.2, 0.25) is 5.91 Å². The van der Waals surface area contributed by atoms with Gasteiger partial charge in [0.05, 0.1) is 11.6 Å². The van der Waals surface area contributed by atoms with Crippen LogP contribution < -0.4 is 5.32 Å². The molecule has 2 aliphatic rings. The number of carboxylic acid groups (broad SMARTS) is 1. The Morgan fingerprint density at radius 2 is 1.97 bits per heavy atom. The maximum absolute atomic E-state index is 13.2. The largest absolute Gasteiger partial charge is 0.480 e. The highest BCUT2D eigenvalue weighted by Gasteiger charge is 2.44. The molecule has 3 rings (SSSR count). The number of nitrogens with zero attached hydrogens (tertiary/aromatic N) is 2. The Kier molecular flexibility index (Phi) is 7.37. The van der Waals surface area contributed by atoms with E-state index in [1.807, 2.05) is 31.3 Å². The van der Waals surface area contributed by atoms with Crippen LogP contribution in [-0.2, 0) is 21.5 Å². The number of urea groups is 1. The molecular formula is C26H36ClN3O4. The molecule has 0 saturated carbocycles. The van der Waals surface area contributed by atoms with Crippen molar-refractivity contribution in [2.24, 2.45) is 11.3 Å². The summed E-state index contributed by atoms with van der Waals surface area (Å²) in [7, 11) is 0. The lowest BCUT2D eigenvalue weighted by Gasteiger charge is -2.43. The van der Waals surface area contributed by atoms with Crippen LogP contribution in [0, 0.1) is 11.3 Å². The van der Waals surface area contributed by atoms with Crippen LogP contribution in [-0.4, -0.2) is 51.9 Å². The van der Waals surface area contributed by atoms with Gasteiger partial charge in [0, 0.05) is 24.2 Å². The molecule has 8 heteroatoms. The van der Waals surface area contributed by atoms with Crippen molar-refractivity contribution in [3.05, 3.63) is 46.1 Å². The molecule has 1 fully saturated rings. The third-order valence-electron chi connectivity index (χ3n) is 6.76. The number of amides is 3. The number of carboxylic acids is 1. The highest BCUT2D eigenvalue weighted by Crippen LogP contribution is 2.39. The number of likely N-dealkylation sites (tertiary alicyclic amines) is 1. The Morgan fingerprint density at radius 1 is 1.29 bits per heavy atom. The number of carbonyl (C=O) groups excluding carboxylic acids is 2. The van der Waals surface area contributed by atoms with Crippen molar-refractivity contribution >= 4 is 29.5 Å². The van der Waals surface area contributed by atoms with Crippen molar-refractivity contribution in [1.82, 2.24) is 15.1 Å². The summed E-state index contributed by atoms with van der Waals surface area (Å²) in [6.45, 7) is 12.6. The van der Waals surface area contributed by atoms with E-state index in [1.54, 1.807) is 4.90 Å². The van der Waals surface area contributed by atoms with Crippen LogP contribution in [0.1, 0.15) is 65.5 Å². The molecule has 2 N–H and O–H groups in total. The Hall–Kier alpha value is -2.54. The molecule has 0 radical (unpaired) electrons. The van der Waals surface area contributed by atoms with E-state index in [-0.39, 0.29) is 42.8 Å². The lowest BCUT2D eigenvalue weighted by molar-refractivity contribution is -0.142. The molecule has 0 bridgehead atoms. The number of carbonyl (C=O) groups is 3. The molecule has 0 aliphatic carbocycles. The summed E-state index contributed by atoms with van der Waals surface area (Å²) in [5, 5.41) is 12.9. The molecule has 2 heterocycles. The fourth-order valence-corrected chi connectivity index (χ4v) is 5.02. The van der Waals surface area contributed by atoms with E-state index in [2.05, 4.69) is 39.9 Å². The summed E-state index contributed by atoms with van der Waals surface area (Å²) in [6, 6.07) is 5.30. The van der Waals surface area contributed by atoms with Gasteiger partial charge in [-0.15, -0.1) is 0 Å². The topological polar surface area (TPSA) is 90.0 Å². The first-order valence-corrected chi connectivity index (χ1v) is 12.2. The van der Waals surface area contributed by atoms with Gasteiger partial charge in [0.25, 0.3) is 0 Å². The fourth-order valence-electron chi connectivity index (χ4n) is 4.75. The van der Waals surface area contributed by atoms with Crippen molar-refractivity contribution in [2.45, 2.75) is 72.4 Å². The second-order valence-corrected chi connectivity index (χ2v) is 11.5. The summed E-state index contributed by atoms with van der Waals surface area (Å²) in [5.74, 6) is -1.21. The van der Waals surface area contributed by atoms with Gasteiger partial charge in [0.15, 0.2) is 0 Å². The SMILES string of the molecule is CC(C)C1=CN([C@H]2CC(=O)N(CC(=O)O)C2)C(=O)N[C@@]1(C)c1ccc(CCC(C)(C)C)c(Cl)c1. The molecule has 3 amide bonds. The van der Waals surface area contributed by atoms with Crippen LogP contribution in [0.5, 0.6) is 0 Å². The van der Waals surface area contributed by atoms with Crippen LogP contribution in [0.25, 0.3) is 0 Å². The molecule has 1 aromatic carbocycles. The van der Waals surface area contributed by atoms with Gasteiger partial charge in [-0.1, -0.05) is 58.4 Å². The van der Waals surface area contributed by atoms with Crippen LogP contribution in [0.4, 0.5) is 4.79 Å². The van der Waals surface area contributed by atoms with E-state index >= 15 is 0 Å². The summed E-state index contributed by atoms with van der Waals surface area (Å²) >= 11 is 6.68. The first-order valence-electron chi connectivity index (χ1n) is 11.8. The van der Waals surface area contributed by atoms with Gasteiger partial charge < -0.3 is 15.3 Å². The zero-order valence-electron chi connectivity index (χ0n) is 20.9. The standard InChI is InChI=1S/C26H36ClN3O4/c1-16(2)20-14-30(19-12-22(31)29(13-19)15-23(32)33)24(34)28-26(20,6)18-8-7-17(21(27)11-18)9-10-25(3,4)5/h7-8,11,14,16,19H,9-10,12-13,15H2,1-6H3,(H,28,34)(H,32,33)/t19-,26-/m0/s1. The van der Waals surface area contributed by atoms with Gasteiger partial charge in [-0.25, -0.2) is 4.79 Å². The van der Waals surface area contributed by atoms with Crippen LogP contribution >= 0.6 is 11.6 Å². The zero-order chi connectivity index (χ0) is 25.4. The molecule has 2 atom stereocenters. The fraction of sp³-hybridized carbons (Fsp3) is 0.577. The molecule has 1 aromatic rings.